The molecule has 1 heterocycles. The second-order valence-corrected chi connectivity index (χ2v) is 6.23. The number of likely N-dealkylation sites (N-methyl/N-ethyl adjacent to an activating group) is 1. The van der Waals surface area contributed by atoms with E-state index >= 15 is 0 Å². The molecule has 0 saturated heterocycles. The third kappa shape index (κ3) is 3.76. The van der Waals surface area contributed by atoms with Gasteiger partial charge in [0.15, 0.2) is 0 Å². The molecule has 3 rings (SSSR count). The summed E-state index contributed by atoms with van der Waals surface area (Å²) < 4.78 is 0. The third-order valence-corrected chi connectivity index (χ3v) is 4.69. The number of hydrogen-bond acceptors (Lipinski definition) is 3. The fourth-order valence-corrected chi connectivity index (χ4v) is 3.31. The SMILES string of the molecule is CN(CCNCc1cn[nH]c1-c1ccccc1)C1CCCC1. The summed E-state index contributed by atoms with van der Waals surface area (Å²) in [4.78, 5) is 2.51. The number of aromatic amines is 1. The molecule has 22 heavy (non-hydrogen) atoms. The van der Waals surface area contributed by atoms with Gasteiger partial charge in [0.05, 0.1) is 11.9 Å². The number of rotatable bonds is 7. The van der Waals surface area contributed by atoms with Crippen LogP contribution in [-0.2, 0) is 6.54 Å². The van der Waals surface area contributed by atoms with Gasteiger partial charge in [-0.05, 0) is 25.5 Å². The molecule has 0 amide bonds. The molecule has 0 aliphatic heterocycles. The van der Waals surface area contributed by atoms with Crippen molar-refractivity contribution in [1.29, 1.82) is 0 Å². The van der Waals surface area contributed by atoms with Crippen LogP contribution in [0, 0.1) is 0 Å². The van der Waals surface area contributed by atoms with Gasteiger partial charge < -0.3 is 10.2 Å². The van der Waals surface area contributed by atoms with Gasteiger partial charge in [0.2, 0.25) is 0 Å². The van der Waals surface area contributed by atoms with Gasteiger partial charge in [-0.15, -0.1) is 0 Å². The van der Waals surface area contributed by atoms with Crippen LogP contribution < -0.4 is 5.32 Å². The lowest BCUT2D eigenvalue weighted by Crippen LogP contribution is -2.35. The first-order valence-electron chi connectivity index (χ1n) is 8.33. The highest BCUT2D eigenvalue weighted by Gasteiger charge is 2.18. The van der Waals surface area contributed by atoms with Crippen molar-refractivity contribution >= 4 is 0 Å². The van der Waals surface area contributed by atoms with Crippen molar-refractivity contribution < 1.29 is 0 Å². The average Bonchev–Trinajstić information content (AvgIpc) is 3.23. The van der Waals surface area contributed by atoms with Gasteiger partial charge in [0, 0.05) is 31.2 Å². The van der Waals surface area contributed by atoms with Crippen LogP contribution >= 0.6 is 0 Å². The van der Waals surface area contributed by atoms with E-state index in [2.05, 4.69) is 51.7 Å². The average molecular weight is 298 g/mol. The molecule has 2 aromatic rings. The van der Waals surface area contributed by atoms with E-state index in [-0.39, 0.29) is 0 Å². The molecular weight excluding hydrogens is 272 g/mol. The molecule has 4 heteroatoms. The van der Waals surface area contributed by atoms with Gasteiger partial charge in [0.25, 0.3) is 0 Å². The van der Waals surface area contributed by atoms with Crippen LogP contribution in [0.4, 0.5) is 0 Å². The van der Waals surface area contributed by atoms with Crippen molar-refractivity contribution in [3.05, 3.63) is 42.1 Å². The Labute approximate surface area is 132 Å². The number of H-pyrrole nitrogens is 1. The summed E-state index contributed by atoms with van der Waals surface area (Å²) in [5.74, 6) is 0. The Morgan fingerprint density at radius 2 is 2.00 bits per heavy atom. The molecule has 1 aliphatic carbocycles. The van der Waals surface area contributed by atoms with Crippen molar-refractivity contribution in [1.82, 2.24) is 20.4 Å². The predicted octanol–water partition coefficient (Wildman–Crippen LogP) is 3.04. The second-order valence-electron chi connectivity index (χ2n) is 6.23. The molecule has 0 atom stereocenters. The molecule has 1 aliphatic rings. The zero-order valence-electron chi connectivity index (χ0n) is 13.4. The van der Waals surface area contributed by atoms with Crippen molar-refractivity contribution in [2.45, 2.75) is 38.3 Å². The molecule has 1 aromatic heterocycles. The quantitative estimate of drug-likeness (QED) is 0.772. The van der Waals surface area contributed by atoms with E-state index in [0.29, 0.717) is 0 Å². The van der Waals surface area contributed by atoms with Crippen LogP contribution in [0.25, 0.3) is 11.3 Å². The first kappa shape index (κ1) is 15.3. The van der Waals surface area contributed by atoms with Crippen LogP contribution in [0.1, 0.15) is 31.2 Å². The summed E-state index contributed by atoms with van der Waals surface area (Å²) in [7, 11) is 2.25. The summed E-state index contributed by atoms with van der Waals surface area (Å²) >= 11 is 0. The molecule has 0 unspecified atom stereocenters. The summed E-state index contributed by atoms with van der Waals surface area (Å²) in [6.07, 6.45) is 7.47. The van der Waals surface area contributed by atoms with E-state index in [9.17, 15) is 0 Å². The Balaban J connectivity index is 1.47. The molecular formula is C18H26N4. The molecule has 118 valence electrons. The van der Waals surface area contributed by atoms with E-state index in [1.165, 1.54) is 36.8 Å². The Kier molecular flexibility index (Phi) is 5.24. The van der Waals surface area contributed by atoms with Crippen molar-refractivity contribution in [3.63, 3.8) is 0 Å². The van der Waals surface area contributed by atoms with Gasteiger partial charge >= 0.3 is 0 Å². The minimum Gasteiger partial charge on any atom is -0.311 e. The third-order valence-electron chi connectivity index (χ3n) is 4.69. The molecule has 0 radical (unpaired) electrons. The van der Waals surface area contributed by atoms with Crippen LogP contribution in [0.5, 0.6) is 0 Å². The summed E-state index contributed by atoms with van der Waals surface area (Å²) in [6.45, 7) is 2.99. The van der Waals surface area contributed by atoms with E-state index < -0.39 is 0 Å². The number of benzene rings is 1. The number of nitrogens with zero attached hydrogens (tertiary/aromatic N) is 2. The Hall–Kier alpha value is -1.65. The monoisotopic (exact) mass is 298 g/mol. The lowest BCUT2D eigenvalue weighted by molar-refractivity contribution is 0.245. The molecule has 1 fully saturated rings. The zero-order chi connectivity index (χ0) is 15.2. The van der Waals surface area contributed by atoms with Crippen LogP contribution in [-0.4, -0.2) is 41.3 Å². The van der Waals surface area contributed by atoms with E-state index in [1.807, 2.05) is 12.3 Å². The van der Waals surface area contributed by atoms with Gasteiger partial charge in [-0.1, -0.05) is 43.2 Å². The zero-order valence-corrected chi connectivity index (χ0v) is 13.4. The Bertz CT molecular complexity index is 557. The van der Waals surface area contributed by atoms with Gasteiger partial charge in [0.1, 0.15) is 0 Å². The highest BCUT2D eigenvalue weighted by Crippen LogP contribution is 2.22. The molecule has 1 aromatic carbocycles. The fraction of sp³-hybridized carbons (Fsp3) is 0.500. The standard InChI is InChI=1S/C18H26N4/c1-22(17-9-5-6-10-17)12-11-19-13-16-14-20-21-18(16)15-7-3-2-4-8-15/h2-4,7-8,14,17,19H,5-6,9-13H2,1H3,(H,20,21). The Morgan fingerprint density at radius 1 is 1.23 bits per heavy atom. The van der Waals surface area contributed by atoms with E-state index in [4.69, 9.17) is 0 Å². The minimum absolute atomic E-state index is 0.801. The maximum atomic E-state index is 4.20. The predicted molar refractivity (Wildman–Crippen MR) is 90.6 cm³/mol. The van der Waals surface area contributed by atoms with E-state index in [1.54, 1.807) is 0 Å². The molecule has 2 N–H and O–H groups in total. The highest BCUT2D eigenvalue weighted by molar-refractivity contribution is 5.62. The van der Waals surface area contributed by atoms with Gasteiger partial charge in [-0.25, -0.2) is 0 Å². The first-order chi connectivity index (χ1) is 10.8. The minimum atomic E-state index is 0.801. The van der Waals surface area contributed by atoms with Crippen molar-refractivity contribution in [2.24, 2.45) is 0 Å². The van der Waals surface area contributed by atoms with Crippen LogP contribution in [0.3, 0.4) is 0 Å². The first-order valence-corrected chi connectivity index (χ1v) is 8.33. The van der Waals surface area contributed by atoms with Crippen LogP contribution in [0.2, 0.25) is 0 Å². The van der Waals surface area contributed by atoms with Crippen LogP contribution in [0.15, 0.2) is 36.5 Å². The summed E-state index contributed by atoms with van der Waals surface area (Å²) in [5.41, 5.74) is 3.55. The topological polar surface area (TPSA) is 44.0 Å². The van der Waals surface area contributed by atoms with Crippen molar-refractivity contribution in [3.8, 4) is 11.3 Å². The Morgan fingerprint density at radius 3 is 2.77 bits per heavy atom. The maximum absolute atomic E-state index is 4.20. The smallest absolute Gasteiger partial charge is 0.0695 e. The molecule has 0 bridgehead atoms. The normalized spacial score (nSPS) is 15.7. The van der Waals surface area contributed by atoms with E-state index in [0.717, 1.165) is 31.4 Å². The maximum Gasteiger partial charge on any atom is 0.0695 e. The summed E-state index contributed by atoms with van der Waals surface area (Å²) in [5, 5.41) is 10.9. The van der Waals surface area contributed by atoms with Gasteiger partial charge in [-0.2, -0.15) is 5.10 Å². The molecule has 0 spiro atoms. The summed E-state index contributed by atoms with van der Waals surface area (Å²) in [6, 6.07) is 11.2. The number of hydrogen-bond donors (Lipinski definition) is 2. The lowest BCUT2D eigenvalue weighted by Gasteiger charge is -2.23. The fourth-order valence-electron chi connectivity index (χ4n) is 3.31. The molecule has 4 nitrogen and oxygen atoms in total. The number of nitrogens with one attached hydrogen (secondary N) is 2. The van der Waals surface area contributed by atoms with Gasteiger partial charge in [-0.3, -0.25) is 5.10 Å². The van der Waals surface area contributed by atoms with Crippen molar-refractivity contribution in [2.75, 3.05) is 20.1 Å². The number of aromatic nitrogens is 2. The second kappa shape index (κ2) is 7.56. The largest absolute Gasteiger partial charge is 0.311 e. The molecule has 1 saturated carbocycles. The highest BCUT2D eigenvalue weighted by atomic mass is 15.1. The lowest BCUT2D eigenvalue weighted by atomic mass is 10.1.